The highest BCUT2D eigenvalue weighted by atomic mass is 32.1. The van der Waals surface area contributed by atoms with Gasteiger partial charge in [0.15, 0.2) is 0 Å². The summed E-state index contributed by atoms with van der Waals surface area (Å²) in [4.78, 5) is 16.9. The molecule has 0 saturated heterocycles. The third kappa shape index (κ3) is 3.07. The van der Waals surface area contributed by atoms with Gasteiger partial charge in [0.25, 0.3) is 0 Å². The second-order valence-electron chi connectivity index (χ2n) is 5.45. The van der Waals surface area contributed by atoms with Gasteiger partial charge < -0.3 is 5.73 Å². The van der Waals surface area contributed by atoms with E-state index >= 15 is 0 Å². The average molecular weight is 346 g/mol. The molecule has 0 saturated carbocycles. The Morgan fingerprint density at radius 3 is 2.88 bits per heavy atom. The summed E-state index contributed by atoms with van der Waals surface area (Å²) in [5, 5.41) is 2.99. The lowest BCUT2D eigenvalue weighted by atomic mass is 10.1. The molecule has 3 heterocycles. The van der Waals surface area contributed by atoms with Crippen molar-refractivity contribution in [1.29, 1.82) is 0 Å². The number of hydrogen-bond acceptors (Lipinski definition) is 6. The smallest absolute Gasteiger partial charge is 0.221 e. The summed E-state index contributed by atoms with van der Waals surface area (Å²) in [6.45, 7) is 2.05. The second kappa shape index (κ2) is 6.34. The van der Waals surface area contributed by atoms with E-state index in [9.17, 15) is 0 Å². The molecular weight excluding hydrogens is 332 g/mol. The predicted octanol–water partition coefficient (Wildman–Crippen LogP) is 3.01. The summed E-state index contributed by atoms with van der Waals surface area (Å²) >= 11 is 1.62. The van der Waals surface area contributed by atoms with Gasteiger partial charge in [-0.05, 0) is 31.2 Å². The van der Waals surface area contributed by atoms with E-state index in [-0.39, 0.29) is 11.9 Å². The zero-order chi connectivity index (χ0) is 17.2. The van der Waals surface area contributed by atoms with E-state index in [0.717, 1.165) is 21.6 Å². The van der Waals surface area contributed by atoms with E-state index in [1.807, 2.05) is 28.1 Å². The van der Waals surface area contributed by atoms with Crippen LogP contribution in [0.4, 0.5) is 5.95 Å². The third-order valence-corrected chi connectivity index (χ3v) is 4.67. The third-order valence-electron chi connectivity index (χ3n) is 3.71. The molecule has 3 aromatic heterocycles. The van der Waals surface area contributed by atoms with Gasteiger partial charge in [0.2, 0.25) is 5.95 Å². The van der Waals surface area contributed by atoms with Crippen LogP contribution in [0.25, 0.3) is 16.9 Å². The number of nitrogen functional groups attached to an aromatic ring is 1. The number of rotatable bonds is 2. The molecule has 0 spiro atoms. The van der Waals surface area contributed by atoms with E-state index in [1.54, 1.807) is 36.1 Å². The Balaban J connectivity index is 1.72. The fourth-order valence-corrected chi connectivity index (χ4v) is 3.11. The number of anilines is 1. The van der Waals surface area contributed by atoms with Crippen LogP contribution in [-0.2, 0) is 0 Å². The lowest BCUT2D eigenvalue weighted by Crippen LogP contribution is -2.01. The van der Waals surface area contributed by atoms with Crippen molar-refractivity contribution in [3.63, 3.8) is 0 Å². The lowest BCUT2D eigenvalue weighted by Gasteiger charge is -2.03. The predicted molar refractivity (Wildman–Crippen MR) is 98.5 cm³/mol. The summed E-state index contributed by atoms with van der Waals surface area (Å²) in [5.74, 6) is 7.48. The van der Waals surface area contributed by atoms with E-state index < -0.39 is 0 Å². The molecule has 0 fully saturated rings. The van der Waals surface area contributed by atoms with Crippen LogP contribution in [0.1, 0.15) is 23.4 Å². The fraction of sp³-hybridized carbons (Fsp3) is 0.111. The summed E-state index contributed by atoms with van der Waals surface area (Å²) in [6.07, 6.45) is 5.15. The summed E-state index contributed by atoms with van der Waals surface area (Å²) in [6, 6.07) is 7.71. The molecule has 122 valence electrons. The molecule has 2 N–H and O–H groups in total. The molecule has 4 aromatic rings. The Morgan fingerprint density at radius 1 is 1.16 bits per heavy atom. The molecule has 25 heavy (non-hydrogen) atoms. The Hall–Kier alpha value is -3.24. The van der Waals surface area contributed by atoms with Gasteiger partial charge >= 0.3 is 0 Å². The molecule has 7 heteroatoms. The largest absolute Gasteiger partial charge is 0.368 e. The van der Waals surface area contributed by atoms with E-state index in [0.29, 0.717) is 5.82 Å². The number of fused-ring (bicyclic) bond motifs is 1. The van der Waals surface area contributed by atoms with Gasteiger partial charge in [-0.1, -0.05) is 11.8 Å². The van der Waals surface area contributed by atoms with Gasteiger partial charge in [0, 0.05) is 23.3 Å². The number of thiazole rings is 1. The topological polar surface area (TPSA) is 82.5 Å². The van der Waals surface area contributed by atoms with Gasteiger partial charge in [-0.3, -0.25) is 4.57 Å². The van der Waals surface area contributed by atoms with Gasteiger partial charge in [0.1, 0.15) is 17.2 Å². The van der Waals surface area contributed by atoms with Crippen molar-refractivity contribution in [3.05, 3.63) is 58.9 Å². The summed E-state index contributed by atoms with van der Waals surface area (Å²) in [7, 11) is 0. The standard InChI is InChI=1S/C18H14N6S/c1-12(17-20-8-9-25-17)2-3-13-4-5-14-15(10-13)24(11-22-14)16-6-7-21-18(19)23-16/h4-12H,1H3,(H2,19,21,23). The van der Waals surface area contributed by atoms with Gasteiger partial charge in [-0.15, -0.1) is 11.3 Å². The molecule has 1 atom stereocenters. The maximum Gasteiger partial charge on any atom is 0.221 e. The fourth-order valence-electron chi connectivity index (χ4n) is 2.47. The second-order valence-corrected chi connectivity index (χ2v) is 6.38. The normalized spacial score (nSPS) is 11.9. The van der Waals surface area contributed by atoms with Crippen LogP contribution < -0.4 is 5.73 Å². The highest BCUT2D eigenvalue weighted by Crippen LogP contribution is 2.20. The van der Waals surface area contributed by atoms with E-state index in [2.05, 4.69) is 38.7 Å². The maximum atomic E-state index is 5.68. The van der Waals surface area contributed by atoms with Crippen LogP contribution in [-0.4, -0.2) is 24.5 Å². The summed E-state index contributed by atoms with van der Waals surface area (Å²) in [5.41, 5.74) is 8.39. The average Bonchev–Trinajstić information content (AvgIpc) is 3.29. The number of imidazole rings is 1. The Morgan fingerprint density at radius 2 is 2.08 bits per heavy atom. The van der Waals surface area contributed by atoms with Crippen molar-refractivity contribution < 1.29 is 0 Å². The Kier molecular flexibility index (Phi) is 3.88. The van der Waals surface area contributed by atoms with Crippen LogP contribution in [0.15, 0.2) is 48.4 Å². The first kappa shape index (κ1) is 15.3. The van der Waals surface area contributed by atoms with Crippen molar-refractivity contribution in [2.45, 2.75) is 12.8 Å². The minimum Gasteiger partial charge on any atom is -0.368 e. The first-order chi connectivity index (χ1) is 12.2. The minimum atomic E-state index is 0.0993. The molecule has 0 aliphatic carbocycles. The number of hydrogen-bond donors (Lipinski definition) is 1. The lowest BCUT2D eigenvalue weighted by molar-refractivity contribution is 0.978. The minimum absolute atomic E-state index is 0.0993. The molecule has 6 nitrogen and oxygen atoms in total. The number of nitrogens with two attached hydrogens (primary N) is 1. The highest BCUT2D eigenvalue weighted by Gasteiger charge is 2.07. The quantitative estimate of drug-likeness (QED) is 0.564. The highest BCUT2D eigenvalue weighted by molar-refractivity contribution is 7.09. The zero-order valence-corrected chi connectivity index (χ0v) is 14.2. The molecule has 0 aliphatic rings. The molecular formula is C18H14N6S. The van der Waals surface area contributed by atoms with Crippen LogP contribution in [0, 0.1) is 11.8 Å². The molecule has 0 radical (unpaired) electrons. The van der Waals surface area contributed by atoms with Gasteiger partial charge in [0.05, 0.1) is 17.0 Å². The number of benzene rings is 1. The van der Waals surface area contributed by atoms with Crippen LogP contribution in [0.5, 0.6) is 0 Å². The maximum absolute atomic E-state index is 5.68. The SMILES string of the molecule is CC(C#Cc1ccc2ncn(-c3ccnc(N)n3)c2c1)c1nccs1. The van der Waals surface area contributed by atoms with Crippen molar-refractivity contribution in [2.75, 3.05) is 5.73 Å². The van der Waals surface area contributed by atoms with Crippen molar-refractivity contribution in [2.24, 2.45) is 0 Å². The molecule has 1 unspecified atom stereocenters. The van der Waals surface area contributed by atoms with E-state index in [4.69, 9.17) is 5.73 Å². The summed E-state index contributed by atoms with van der Waals surface area (Å²) < 4.78 is 1.88. The number of aromatic nitrogens is 5. The first-order valence-electron chi connectivity index (χ1n) is 7.67. The van der Waals surface area contributed by atoms with Crippen LogP contribution in [0.3, 0.4) is 0 Å². The molecule has 0 amide bonds. The van der Waals surface area contributed by atoms with Crippen LogP contribution >= 0.6 is 11.3 Å². The molecule has 0 bridgehead atoms. The number of nitrogens with zero attached hydrogens (tertiary/aromatic N) is 5. The molecule has 4 rings (SSSR count). The van der Waals surface area contributed by atoms with Gasteiger partial charge in [-0.25, -0.2) is 15.0 Å². The van der Waals surface area contributed by atoms with Crippen molar-refractivity contribution in [3.8, 4) is 17.7 Å². The van der Waals surface area contributed by atoms with Crippen molar-refractivity contribution in [1.82, 2.24) is 24.5 Å². The first-order valence-corrected chi connectivity index (χ1v) is 8.55. The Labute approximate surface area is 148 Å². The van der Waals surface area contributed by atoms with Crippen LogP contribution in [0.2, 0.25) is 0 Å². The molecule has 0 aliphatic heterocycles. The monoisotopic (exact) mass is 346 g/mol. The van der Waals surface area contributed by atoms with Gasteiger partial charge in [-0.2, -0.15) is 4.98 Å². The Bertz CT molecular complexity index is 1090. The van der Waals surface area contributed by atoms with E-state index in [1.165, 1.54) is 0 Å². The van der Waals surface area contributed by atoms with Crippen molar-refractivity contribution >= 4 is 28.3 Å². The zero-order valence-electron chi connectivity index (χ0n) is 13.4. The molecule has 1 aromatic carbocycles.